The van der Waals surface area contributed by atoms with Gasteiger partial charge in [-0.1, -0.05) is 19.4 Å². The van der Waals surface area contributed by atoms with Crippen molar-refractivity contribution in [2.24, 2.45) is 0 Å². The quantitative estimate of drug-likeness (QED) is 0.731. The molecule has 1 aliphatic rings. The summed E-state index contributed by atoms with van der Waals surface area (Å²) < 4.78 is 10.6. The molecule has 0 aliphatic carbocycles. The molecule has 0 unspecified atom stereocenters. The van der Waals surface area contributed by atoms with Crippen LogP contribution in [-0.2, 0) is 4.74 Å². The van der Waals surface area contributed by atoms with E-state index in [-0.39, 0.29) is 12.1 Å². The first-order valence-electron chi connectivity index (χ1n) is 5.65. The fourth-order valence-electron chi connectivity index (χ4n) is 2.08. The molecule has 3 heteroatoms. The Bertz CT molecular complexity index is 398. The normalized spacial score (nSPS) is 18.1. The SMILES string of the molecule is CCCC[C@H]1OC(=O)c2cccc(OC)c21. The lowest BCUT2D eigenvalue weighted by Crippen LogP contribution is -1.99. The van der Waals surface area contributed by atoms with E-state index in [1.165, 1.54) is 0 Å². The Morgan fingerprint density at radius 1 is 1.44 bits per heavy atom. The van der Waals surface area contributed by atoms with Crippen molar-refractivity contribution >= 4 is 5.97 Å². The third kappa shape index (κ3) is 1.77. The number of carbonyl (C=O) groups is 1. The van der Waals surface area contributed by atoms with Gasteiger partial charge in [0.15, 0.2) is 0 Å². The minimum atomic E-state index is -0.227. The molecule has 0 radical (unpaired) electrons. The van der Waals surface area contributed by atoms with Crippen LogP contribution in [0.5, 0.6) is 5.75 Å². The molecule has 0 N–H and O–H groups in total. The number of unbranched alkanes of at least 4 members (excludes halogenated alkanes) is 1. The zero-order valence-electron chi connectivity index (χ0n) is 9.66. The Balaban J connectivity index is 2.34. The molecule has 1 aromatic rings. The summed E-state index contributed by atoms with van der Waals surface area (Å²) in [5.74, 6) is 0.527. The first kappa shape index (κ1) is 11.0. The van der Waals surface area contributed by atoms with Gasteiger partial charge in [0.2, 0.25) is 0 Å². The first-order valence-corrected chi connectivity index (χ1v) is 5.65. The highest BCUT2D eigenvalue weighted by Crippen LogP contribution is 2.39. The Kier molecular flexibility index (Phi) is 3.13. The predicted octanol–water partition coefficient (Wildman–Crippen LogP) is 3.10. The second-order valence-corrected chi connectivity index (χ2v) is 3.96. The number of hydrogen-bond acceptors (Lipinski definition) is 3. The number of fused-ring (bicyclic) bond motifs is 1. The summed E-state index contributed by atoms with van der Waals surface area (Å²) in [6.45, 7) is 2.12. The van der Waals surface area contributed by atoms with Crippen molar-refractivity contribution in [3.05, 3.63) is 29.3 Å². The van der Waals surface area contributed by atoms with Gasteiger partial charge in [0.1, 0.15) is 11.9 Å². The lowest BCUT2D eigenvalue weighted by atomic mass is 10.00. The average molecular weight is 220 g/mol. The van der Waals surface area contributed by atoms with Crippen LogP contribution < -0.4 is 4.74 Å². The summed E-state index contributed by atoms with van der Waals surface area (Å²) in [7, 11) is 1.62. The van der Waals surface area contributed by atoms with Crippen molar-refractivity contribution < 1.29 is 14.3 Å². The summed E-state index contributed by atoms with van der Waals surface area (Å²) in [5.41, 5.74) is 1.57. The van der Waals surface area contributed by atoms with E-state index in [0.29, 0.717) is 5.56 Å². The van der Waals surface area contributed by atoms with Gasteiger partial charge in [0.05, 0.1) is 12.7 Å². The second kappa shape index (κ2) is 4.56. The molecular formula is C13H16O3. The average Bonchev–Trinajstić information content (AvgIpc) is 2.64. The van der Waals surface area contributed by atoms with Crippen molar-refractivity contribution in [3.63, 3.8) is 0 Å². The third-order valence-corrected chi connectivity index (χ3v) is 2.90. The standard InChI is InChI=1S/C13H16O3/c1-3-4-7-11-12-9(13(14)16-11)6-5-8-10(12)15-2/h5-6,8,11H,3-4,7H2,1-2H3/t11-/m1/s1. The van der Waals surface area contributed by atoms with Crippen LogP contribution in [0.25, 0.3) is 0 Å². The molecular weight excluding hydrogens is 204 g/mol. The highest BCUT2D eigenvalue weighted by Gasteiger charge is 2.33. The predicted molar refractivity (Wildman–Crippen MR) is 60.7 cm³/mol. The number of esters is 1. The van der Waals surface area contributed by atoms with Crippen LogP contribution in [0.1, 0.15) is 48.2 Å². The maximum absolute atomic E-state index is 11.6. The van der Waals surface area contributed by atoms with Crippen LogP contribution in [0, 0.1) is 0 Å². The van der Waals surface area contributed by atoms with Gasteiger partial charge in [0.25, 0.3) is 0 Å². The van der Waals surface area contributed by atoms with Crippen LogP contribution >= 0.6 is 0 Å². The van der Waals surface area contributed by atoms with E-state index in [1.54, 1.807) is 13.2 Å². The van der Waals surface area contributed by atoms with Crippen LogP contribution in [0.2, 0.25) is 0 Å². The minimum absolute atomic E-state index is 0.126. The number of cyclic esters (lactones) is 1. The molecule has 16 heavy (non-hydrogen) atoms. The van der Waals surface area contributed by atoms with Gasteiger partial charge >= 0.3 is 5.97 Å². The molecule has 0 saturated heterocycles. The largest absolute Gasteiger partial charge is 0.496 e. The number of methoxy groups -OCH3 is 1. The third-order valence-electron chi connectivity index (χ3n) is 2.90. The fraction of sp³-hybridized carbons (Fsp3) is 0.462. The zero-order valence-corrected chi connectivity index (χ0v) is 9.66. The Morgan fingerprint density at radius 2 is 2.25 bits per heavy atom. The Hall–Kier alpha value is -1.51. The lowest BCUT2D eigenvalue weighted by molar-refractivity contribution is 0.0361. The highest BCUT2D eigenvalue weighted by atomic mass is 16.6. The maximum atomic E-state index is 11.6. The molecule has 1 aliphatic heterocycles. The van der Waals surface area contributed by atoms with Gasteiger partial charge in [-0.15, -0.1) is 0 Å². The summed E-state index contributed by atoms with van der Waals surface area (Å²) in [5, 5.41) is 0. The number of benzene rings is 1. The van der Waals surface area contributed by atoms with Crippen molar-refractivity contribution in [3.8, 4) is 5.75 Å². The van der Waals surface area contributed by atoms with E-state index in [9.17, 15) is 4.79 Å². The summed E-state index contributed by atoms with van der Waals surface area (Å²) >= 11 is 0. The van der Waals surface area contributed by atoms with Crippen molar-refractivity contribution in [2.75, 3.05) is 7.11 Å². The molecule has 3 nitrogen and oxygen atoms in total. The number of ether oxygens (including phenoxy) is 2. The monoisotopic (exact) mass is 220 g/mol. The molecule has 86 valence electrons. The molecule has 0 aromatic heterocycles. The van der Waals surface area contributed by atoms with Gasteiger partial charge in [-0.05, 0) is 25.0 Å². The molecule has 0 fully saturated rings. The minimum Gasteiger partial charge on any atom is -0.496 e. The maximum Gasteiger partial charge on any atom is 0.339 e. The lowest BCUT2D eigenvalue weighted by Gasteiger charge is -2.12. The molecule has 2 rings (SSSR count). The number of carbonyl (C=O) groups excluding carboxylic acids is 1. The molecule has 0 amide bonds. The Labute approximate surface area is 95.4 Å². The van der Waals surface area contributed by atoms with E-state index >= 15 is 0 Å². The molecule has 1 atom stereocenters. The van der Waals surface area contributed by atoms with E-state index in [0.717, 1.165) is 30.6 Å². The highest BCUT2D eigenvalue weighted by molar-refractivity contribution is 5.95. The molecule has 0 saturated carbocycles. The fourth-order valence-corrected chi connectivity index (χ4v) is 2.08. The topological polar surface area (TPSA) is 35.5 Å². The van der Waals surface area contributed by atoms with Crippen molar-refractivity contribution in [1.29, 1.82) is 0 Å². The van der Waals surface area contributed by atoms with Crippen molar-refractivity contribution in [1.82, 2.24) is 0 Å². The van der Waals surface area contributed by atoms with Crippen LogP contribution in [0.15, 0.2) is 18.2 Å². The van der Waals surface area contributed by atoms with Crippen molar-refractivity contribution in [2.45, 2.75) is 32.3 Å². The summed E-state index contributed by atoms with van der Waals surface area (Å²) in [6, 6.07) is 5.49. The molecule has 1 aromatic carbocycles. The van der Waals surface area contributed by atoms with Gasteiger partial charge in [0, 0.05) is 5.56 Å². The van der Waals surface area contributed by atoms with E-state index in [4.69, 9.17) is 9.47 Å². The number of rotatable bonds is 4. The molecule has 0 bridgehead atoms. The van der Waals surface area contributed by atoms with E-state index in [1.807, 2.05) is 12.1 Å². The van der Waals surface area contributed by atoms with E-state index in [2.05, 4.69) is 6.92 Å². The Morgan fingerprint density at radius 3 is 2.94 bits per heavy atom. The second-order valence-electron chi connectivity index (χ2n) is 3.96. The smallest absolute Gasteiger partial charge is 0.339 e. The van der Waals surface area contributed by atoms with Crippen LogP contribution in [-0.4, -0.2) is 13.1 Å². The van der Waals surface area contributed by atoms with E-state index < -0.39 is 0 Å². The van der Waals surface area contributed by atoms with Gasteiger partial charge in [-0.2, -0.15) is 0 Å². The summed E-state index contributed by atoms with van der Waals surface area (Å²) in [6.07, 6.45) is 2.89. The molecule has 1 heterocycles. The van der Waals surface area contributed by atoms with Crippen LogP contribution in [0.4, 0.5) is 0 Å². The van der Waals surface area contributed by atoms with Gasteiger partial charge < -0.3 is 9.47 Å². The first-order chi connectivity index (χ1) is 7.77. The molecule has 0 spiro atoms. The van der Waals surface area contributed by atoms with Crippen LogP contribution in [0.3, 0.4) is 0 Å². The van der Waals surface area contributed by atoms with Gasteiger partial charge in [-0.25, -0.2) is 4.79 Å². The number of hydrogen-bond donors (Lipinski definition) is 0. The van der Waals surface area contributed by atoms with Gasteiger partial charge in [-0.3, -0.25) is 0 Å². The zero-order chi connectivity index (χ0) is 11.5. The summed E-state index contributed by atoms with van der Waals surface area (Å²) in [4.78, 5) is 11.6.